The second-order valence-corrected chi connectivity index (χ2v) is 10.2. The van der Waals surface area contributed by atoms with Gasteiger partial charge in [0.05, 0.1) is 0 Å². The van der Waals surface area contributed by atoms with Crippen LogP contribution in [0.1, 0.15) is 79.1 Å². The van der Waals surface area contributed by atoms with Crippen LogP contribution in [0.2, 0.25) is 0 Å². The molecule has 21 heavy (non-hydrogen) atoms. The lowest BCUT2D eigenvalue weighted by Crippen LogP contribution is -2.65. The lowest BCUT2D eigenvalue weighted by molar-refractivity contribution is -0.131. The molecule has 0 amide bonds. The first kappa shape index (κ1) is 14.5. The average molecular weight is 290 g/mol. The zero-order valence-electron chi connectivity index (χ0n) is 14.7. The third-order valence-corrected chi connectivity index (χ3v) is 8.51. The van der Waals surface area contributed by atoms with Crippen molar-refractivity contribution in [2.45, 2.75) is 85.1 Å². The first-order chi connectivity index (χ1) is 9.87. The summed E-state index contributed by atoms with van der Waals surface area (Å²) in [5, 5.41) is 3.95. The number of nitrogens with one attached hydrogen (secondary N) is 1. The number of fused-ring (bicyclic) bond motifs is 5. The van der Waals surface area contributed by atoms with Crippen LogP contribution in [0.5, 0.6) is 0 Å². The number of piperidine rings is 1. The summed E-state index contributed by atoms with van der Waals surface area (Å²) in [6.45, 7) is 11.7. The van der Waals surface area contributed by atoms with Crippen LogP contribution < -0.4 is 5.32 Å². The van der Waals surface area contributed by atoms with E-state index in [9.17, 15) is 0 Å². The van der Waals surface area contributed by atoms with Gasteiger partial charge in [0, 0.05) is 6.04 Å². The van der Waals surface area contributed by atoms with E-state index in [0.29, 0.717) is 16.2 Å². The van der Waals surface area contributed by atoms with Crippen molar-refractivity contribution >= 4 is 0 Å². The Morgan fingerprint density at radius 3 is 2.48 bits per heavy atom. The maximum absolute atomic E-state index is 3.95. The van der Waals surface area contributed by atoms with Gasteiger partial charge < -0.3 is 5.32 Å². The van der Waals surface area contributed by atoms with Crippen LogP contribution in [0, 0.1) is 34.0 Å². The monoisotopic (exact) mass is 289 g/mol. The van der Waals surface area contributed by atoms with Crippen LogP contribution in [-0.2, 0) is 0 Å². The van der Waals surface area contributed by atoms with E-state index in [1.807, 2.05) is 0 Å². The van der Waals surface area contributed by atoms with E-state index in [0.717, 1.165) is 23.8 Å². The molecule has 4 fully saturated rings. The summed E-state index contributed by atoms with van der Waals surface area (Å²) in [5.74, 6) is 3.05. The zero-order chi connectivity index (χ0) is 14.9. The van der Waals surface area contributed by atoms with Crippen LogP contribution in [0.25, 0.3) is 0 Å². The van der Waals surface area contributed by atoms with Crippen LogP contribution in [-0.4, -0.2) is 12.6 Å². The Morgan fingerprint density at radius 2 is 1.67 bits per heavy atom. The number of hydrogen-bond donors (Lipinski definition) is 1. The fourth-order valence-corrected chi connectivity index (χ4v) is 7.77. The molecule has 0 aromatic heterocycles. The topological polar surface area (TPSA) is 12.0 Å². The Bertz CT molecular complexity index is 428. The molecule has 1 nitrogen and oxygen atoms in total. The maximum Gasteiger partial charge on any atom is 0.0175 e. The molecular formula is C20H35N. The van der Waals surface area contributed by atoms with Gasteiger partial charge in [-0.15, -0.1) is 0 Å². The van der Waals surface area contributed by atoms with Crippen LogP contribution >= 0.6 is 0 Å². The van der Waals surface area contributed by atoms with Crippen molar-refractivity contribution in [1.82, 2.24) is 5.32 Å². The highest BCUT2D eigenvalue weighted by Crippen LogP contribution is 2.66. The van der Waals surface area contributed by atoms with Crippen molar-refractivity contribution in [2.24, 2.45) is 34.0 Å². The lowest BCUT2D eigenvalue weighted by Gasteiger charge is -2.64. The molecule has 120 valence electrons. The minimum atomic E-state index is 0.483. The molecule has 1 saturated heterocycles. The third-order valence-electron chi connectivity index (χ3n) is 8.51. The van der Waals surface area contributed by atoms with Gasteiger partial charge in [-0.25, -0.2) is 0 Å². The predicted molar refractivity (Wildman–Crippen MR) is 89.2 cm³/mol. The van der Waals surface area contributed by atoms with E-state index in [4.69, 9.17) is 0 Å². The minimum Gasteiger partial charge on any atom is -0.313 e. The molecule has 0 bridgehead atoms. The van der Waals surface area contributed by atoms with E-state index in [-0.39, 0.29) is 0 Å². The molecule has 1 heteroatoms. The van der Waals surface area contributed by atoms with Crippen molar-refractivity contribution in [3.8, 4) is 0 Å². The normalized spacial score (nSPS) is 55.4. The first-order valence-electron chi connectivity index (χ1n) is 9.60. The highest BCUT2D eigenvalue weighted by atomic mass is 15.0. The van der Waals surface area contributed by atoms with Crippen molar-refractivity contribution in [3.05, 3.63) is 0 Å². The summed E-state index contributed by atoms with van der Waals surface area (Å²) in [6, 6.07) is 0.755. The Morgan fingerprint density at radius 1 is 0.857 bits per heavy atom. The summed E-state index contributed by atoms with van der Waals surface area (Å²) in [6.07, 6.45) is 11.9. The molecule has 1 aliphatic heterocycles. The Kier molecular flexibility index (Phi) is 3.11. The molecule has 3 aliphatic carbocycles. The summed E-state index contributed by atoms with van der Waals surface area (Å²) in [7, 11) is 0. The minimum absolute atomic E-state index is 0.483. The second-order valence-electron chi connectivity index (χ2n) is 10.2. The van der Waals surface area contributed by atoms with Crippen molar-refractivity contribution in [2.75, 3.05) is 6.54 Å². The molecule has 6 atom stereocenters. The van der Waals surface area contributed by atoms with Gasteiger partial charge in [0.25, 0.3) is 0 Å². The summed E-state index contributed by atoms with van der Waals surface area (Å²) in [5.41, 5.74) is 1.74. The van der Waals surface area contributed by atoms with E-state index in [1.165, 1.54) is 57.9 Å². The fourth-order valence-electron chi connectivity index (χ4n) is 7.77. The standard InChI is InChI=1S/C20H35N/c1-18(2)13-14-15-7-5-9-19(15,3)11-8-16(14)20(4)10-6-12-21-17(18)20/h14-17,21H,5-13H2,1-4H3/t14-,15-,16+,17?,19-,20+/m0/s1. The average Bonchev–Trinajstić information content (AvgIpc) is 2.80. The third kappa shape index (κ3) is 1.92. The van der Waals surface area contributed by atoms with E-state index >= 15 is 0 Å². The summed E-state index contributed by atoms with van der Waals surface area (Å²) in [4.78, 5) is 0. The van der Waals surface area contributed by atoms with Crippen molar-refractivity contribution in [1.29, 1.82) is 0 Å². The molecule has 0 aromatic carbocycles. The summed E-state index contributed by atoms with van der Waals surface area (Å²) < 4.78 is 0. The van der Waals surface area contributed by atoms with Gasteiger partial charge in [-0.1, -0.05) is 34.1 Å². The highest BCUT2D eigenvalue weighted by molar-refractivity contribution is 5.13. The number of hydrogen-bond acceptors (Lipinski definition) is 1. The molecular weight excluding hydrogens is 254 g/mol. The van der Waals surface area contributed by atoms with Gasteiger partial charge in [0.2, 0.25) is 0 Å². The summed E-state index contributed by atoms with van der Waals surface area (Å²) >= 11 is 0. The largest absolute Gasteiger partial charge is 0.313 e. The van der Waals surface area contributed by atoms with E-state index < -0.39 is 0 Å². The van der Waals surface area contributed by atoms with Gasteiger partial charge in [0.15, 0.2) is 0 Å². The fraction of sp³-hybridized carbons (Fsp3) is 1.00. The van der Waals surface area contributed by atoms with E-state index in [2.05, 4.69) is 33.0 Å². The number of rotatable bonds is 0. The zero-order valence-corrected chi connectivity index (χ0v) is 14.7. The second kappa shape index (κ2) is 4.49. The molecule has 0 aromatic rings. The van der Waals surface area contributed by atoms with Gasteiger partial charge in [-0.3, -0.25) is 0 Å². The van der Waals surface area contributed by atoms with Gasteiger partial charge in [-0.2, -0.15) is 0 Å². The molecule has 3 saturated carbocycles. The molecule has 0 spiro atoms. The molecule has 4 rings (SSSR count). The van der Waals surface area contributed by atoms with Gasteiger partial charge in [-0.05, 0) is 85.5 Å². The van der Waals surface area contributed by atoms with Crippen molar-refractivity contribution in [3.63, 3.8) is 0 Å². The van der Waals surface area contributed by atoms with E-state index in [1.54, 1.807) is 0 Å². The molecule has 0 radical (unpaired) electrons. The van der Waals surface area contributed by atoms with Gasteiger partial charge in [0.1, 0.15) is 0 Å². The quantitative estimate of drug-likeness (QED) is 0.661. The Balaban J connectivity index is 1.72. The van der Waals surface area contributed by atoms with Crippen LogP contribution in [0.4, 0.5) is 0 Å². The van der Waals surface area contributed by atoms with Gasteiger partial charge >= 0.3 is 0 Å². The first-order valence-corrected chi connectivity index (χ1v) is 9.60. The smallest absolute Gasteiger partial charge is 0.0175 e. The molecule has 1 unspecified atom stereocenters. The van der Waals surface area contributed by atoms with Crippen LogP contribution in [0.3, 0.4) is 0 Å². The molecule has 1 heterocycles. The Labute approximate surface area is 131 Å². The van der Waals surface area contributed by atoms with Crippen molar-refractivity contribution < 1.29 is 0 Å². The SMILES string of the molecule is CC1(C)C[C@@H]2[C@@H](CC[C@]3(C)CCC[C@@H]23)[C@@]2(C)CCCNC12. The Hall–Kier alpha value is -0.0400. The predicted octanol–water partition coefficient (Wildman–Crippen LogP) is 5.01. The van der Waals surface area contributed by atoms with Crippen LogP contribution in [0.15, 0.2) is 0 Å². The molecule has 4 aliphatic rings. The lowest BCUT2D eigenvalue weighted by atomic mass is 9.43. The highest BCUT2D eigenvalue weighted by Gasteiger charge is 2.61. The maximum atomic E-state index is 3.95. The molecule has 1 N–H and O–H groups in total.